The van der Waals surface area contributed by atoms with Crippen molar-refractivity contribution in [2.75, 3.05) is 86.0 Å². The van der Waals surface area contributed by atoms with Gasteiger partial charge < -0.3 is 80.0 Å². The summed E-state index contributed by atoms with van der Waals surface area (Å²) in [5.41, 5.74) is 0. The van der Waals surface area contributed by atoms with Crippen LogP contribution in [-0.2, 0) is 52.3 Å². The highest BCUT2D eigenvalue weighted by Crippen LogP contribution is 2.29. The van der Waals surface area contributed by atoms with Crippen LogP contribution in [0.15, 0.2) is 0 Å². The quantitative estimate of drug-likeness (QED) is 0.0895. The van der Waals surface area contributed by atoms with Crippen LogP contribution in [-0.4, -0.2) is 202 Å². The Morgan fingerprint density at radius 2 is 1.36 bits per heavy atom. The van der Waals surface area contributed by atoms with Crippen molar-refractivity contribution < 1.29 is 77.9 Å². The van der Waals surface area contributed by atoms with E-state index in [1.807, 2.05) is 0 Å². The van der Waals surface area contributed by atoms with Gasteiger partial charge in [-0.05, 0) is 6.92 Å². The first-order valence-corrected chi connectivity index (χ1v) is 16.4. The smallest absolute Gasteiger partial charge is 0.234 e. The molecule has 3 saturated heterocycles. The van der Waals surface area contributed by atoms with Gasteiger partial charge in [-0.2, -0.15) is 0 Å². The third-order valence-corrected chi connectivity index (χ3v) is 7.81. The molecule has 21 nitrogen and oxygen atoms in total. The Morgan fingerprint density at radius 3 is 2.00 bits per heavy atom. The fourth-order valence-electron chi connectivity index (χ4n) is 5.05. The fraction of sp³-hybridized carbons (Fsp3) is 0.862. The number of ether oxygens (including phenoxy) is 7. The normalized spacial score (nSPS) is 33.8. The molecule has 288 valence electrons. The second-order valence-corrected chi connectivity index (χ2v) is 11.7. The predicted octanol–water partition coefficient (Wildman–Crippen LogP) is -6.53. The van der Waals surface area contributed by atoms with Gasteiger partial charge in [0.1, 0.15) is 36.6 Å². The fourth-order valence-corrected chi connectivity index (χ4v) is 5.05. The lowest BCUT2D eigenvalue weighted by molar-refractivity contribution is -0.387. The van der Waals surface area contributed by atoms with Crippen LogP contribution in [0, 0.1) is 0 Å². The topological polar surface area (TPSA) is 285 Å². The molecule has 0 radical (unpaired) electrons. The number of aliphatic hydroxyl groups is 5. The summed E-state index contributed by atoms with van der Waals surface area (Å²) in [6.07, 6.45) is -15.0. The minimum Gasteiger partial charge on any atom is -0.388 e. The van der Waals surface area contributed by atoms with Gasteiger partial charge in [-0.15, -0.1) is 0 Å². The van der Waals surface area contributed by atoms with E-state index in [0.717, 1.165) is 0 Å². The highest BCUT2D eigenvalue weighted by molar-refractivity contribution is 5.84. The average molecular weight is 726 g/mol. The number of amides is 4. The largest absolute Gasteiger partial charge is 0.388 e. The summed E-state index contributed by atoms with van der Waals surface area (Å²) < 4.78 is 38.7. The number of fused-ring (bicyclic) bond motifs is 3. The van der Waals surface area contributed by atoms with Gasteiger partial charge in [-0.3, -0.25) is 24.1 Å². The summed E-state index contributed by atoms with van der Waals surface area (Å²) in [5, 5.41) is 62.8. The van der Waals surface area contributed by atoms with E-state index < -0.39 is 79.3 Å². The molecular formula is C29H51N5O16. The standard InChI is InChI=1S/C29H51N5O16/c1-16-21(39)23(41)26-29(48-16)47-10-6-33-20(38)15-34(13-18(36)31-4-8-45-12-11-44-7-3-17(35)30-2)14-19(37)32-5-9-46-27-24(42)22(40)25(43)28(49-26)50-27/h16,21-29,39-43H,3-15H2,1-2H3,(H,30,35)(H,31,36)(H,32,37)(H,33,38). The Bertz CT molecular complexity index is 1080. The summed E-state index contributed by atoms with van der Waals surface area (Å²) in [6.45, 7) is 1.00. The highest BCUT2D eigenvalue weighted by atomic mass is 16.8. The van der Waals surface area contributed by atoms with E-state index in [-0.39, 0.29) is 91.2 Å². The molecule has 0 aliphatic carbocycles. The molecule has 9 N–H and O–H groups in total. The van der Waals surface area contributed by atoms with E-state index in [1.54, 1.807) is 0 Å². The Balaban J connectivity index is 1.57. The number of nitrogens with one attached hydrogen (secondary N) is 4. The molecule has 3 aliphatic heterocycles. The van der Waals surface area contributed by atoms with E-state index in [9.17, 15) is 44.7 Å². The van der Waals surface area contributed by atoms with Gasteiger partial charge >= 0.3 is 0 Å². The van der Waals surface area contributed by atoms with Crippen molar-refractivity contribution in [2.45, 2.75) is 74.9 Å². The summed E-state index contributed by atoms with van der Waals surface area (Å²) in [4.78, 5) is 50.6. The molecule has 10 atom stereocenters. The number of carbonyl (C=O) groups is 4. The number of hydrogen-bond donors (Lipinski definition) is 9. The minimum absolute atomic E-state index is 0.0685. The lowest BCUT2D eigenvalue weighted by atomic mass is 9.99. The van der Waals surface area contributed by atoms with Crippen LogP contribution in [0.2, 0.25) is 0 Å². The van der Waals surface area contributed by atoms with E-state index >= 15 is 0 Å². The van der Waals surface area contributed by atoms with Crippen LogP contribution in [0.3, 0.4) is 0 Å². The van der Waals surface area contributed by atoms with Crippen molar-refractivity contribution in [1.82, 2.24) is 26.2 Å². The van der Waals surface area contributed by atoms with Gasteiger partial charge in [0.2, 0.25) is 23.6 Å². The Kier molecular flexibility index (Phi) is 18.1. The van der Waals surface area contributed by atoms with E-state index in [4.69, 9.17) is 33.2 Å². The molecular weight excluding hydrogens is 674 g/mol. The Labute approximate surface area is 288 Å². The van der Waals surface area contributed by atoms with Crippen LogP contribution >= 0.6 is 0 Å². The second-order valence-electron chi connectivity index (χ2n) is 11.7. The molecule has 2 bridgehead atoms. The number of hydrogen-bond acceptors (Lipinski definition) is 17. The van der Waals surface area contributed by atoms with Crippen molar-refractivity contribution in [2.24, 2.45) is 0 Å². The molecule has 10 unspecified atom stereocenters. The van der Waals surface area contributed by atoms with Crippen molar-refractivity contribution >= 4 is 23.6 Å². The molecule has 50 heavy (non-hydrogen) atoms. The molecule has 4 amide bonds. The SMILES string of the molecule is CNC(=O)CCOCCOCCNC(=O)CN1CC(=O)NCCOC2OC(OC3C(OCCNC(=O)C1)OC(C)C(O)C3O)C(O)C(O)C2O. The first-order chi connectivity index (χ1) is 23.9. The molecule has 0 aromatic rings. The lowest BCUT2D eigenvalue weighted by Crippen LogP contribution is -2.64. The summed E-state index contributed by atoms with van der Waals surface area (Å²) in [5.74, 6) is -1.70. The molecule has 0 aromatic carbocycles. The monoisotopic (exact) mass is 725 g/mol. The molecule has 0 spiro atoms. The van der Waals surface area contributed by atoms with Crippen LogP contribution in [0.4, 0.5) is 0 Å². The van der Waals surface area contributed by atoms with E-state index in [2.05, 4.69) is 21.3 Å². The van der Waals surface area contributed by atoms with E-state index in [1.165, 1.54) is 18.9 Å². The van der Waals surface area contributed by atoms with Crippen molar-refractivity contribution in [3.05, 3.63) is 0 Å². The van der Waals surface area contributed by atoms with Gasteiger partial charge in [0.25, 0.3) is 0 Å². The van der Waals surface area contributed by atoms with Crippen molar-refractivity contribution in [3.8, 4) is 0 Å². The molecule has 3 fully saturated rings. The number of aliphatic hydroxyl groups excluding tert-OH is 5. The maximum Gasteiger partial charge on any atom is 0.234 e. The molecule has 3 aliphatic rings. The predicted molar refractivity (Wildman–Crippen MR) is 166 cm³/mol. The van der Waals surface area contributed by atoms with Gasteiger partial charge in [0.15, 0.2) is 18.9 Å². The zero-order valence-electron chi connectivity index (χ0n) is 28.1. The Morgan fingerprint density at radius 1 is 0.760 bits per heavy atom. The van der Waals surface area contributed by atoms with Crippen LogP contribution in [0.1, 0.15) is 13.3 Å². The third kappa shape index (κ3) is 13.5. The van der Waals surface area contributed by atoms with Gasteiger partial charge in [0.05, 0.1) is 65.4 Å². The van der Waals surface area contributed by atoms with Crippen molar-refractivity contribution in [3.63, 3.8) is 0 Å². The van der Waals surface area contributed by atoms with Crippen LogP contribution in [0.5, 0.6) is 0 Å². The maximum atomic E-state index is 12.8. The molecule has 21 heteroatoms. The molecule has 3 heterocycles. The lowest BCUT2D eigenvalue weighted by Gasteiger charge is -2.45. The van der Waals surface area contributed by atoms with Crippen molar-refractivity contribution in [1.29, 1.82) is 0 Å². The number of nitrogens with zero attached hydrogens (tertiary/aromatic N) is 1. The summed E-state index contributed by atoms with van der Waals surface area (Å²) in [7, 11) is 1.54. The number of carbonyl (C=O) groups excluding carboxylic acids is 4. The van der Waals surface area contributed by atoms with Crippen LogP contribution < -0.4 is 21.3 Å². The molecule has 0 saturated carbocycles. The molecule has 0 aromatic heterocycles. The highest BCUT2D eigenvalue weighted by Gasteiger charge is 2.50. The second kappa shape index (κ2) is 21.7. The average Bonchev–Trinajstić information content (AvgIpc) is 3.08. The summed E-state index contributed by atoms with van der Waals surface area (Å²) >= 11 is 0. The summed E-state index contributed by atoms with van der Waals surface area (Å²) in [6, 6.07) is 0. The van der Waals surface area contributed by atoms with E-state index in [0.29, 0.717) is 0 Å². The zero-order valence-corrected chi connectivity index (χ0v) is 28.1. The first kappa shape index (κ1) is 41.8. The Hall–Kier alpha value is -2.64. The molecule has 3 rings (SSSR count). The van der Waals surface area contributed by atoms with Gasteiger partial charge in [0, 0.05) is 33.1 Å². The zero-order chi connectivity index (χ0) is 36.6. The minimum atomic E-state index is -1.80. The van der Waals surface area contributed by atoms with Crippen LogP contribution in [0.25, 0.3) is 0 Å². The van der Waals surface area contributed by atoms with Gasteiger partial charge in [-0.25, -0.2) is 0 Å². The van der Waals surface area contributed by atoms with Gasteiger partial charge in [-0.1, -0.05) is 0 Å². The third-order valence-electron chi connectivity index (χ3n) is 7.81. The maximum absolute atomic E-state index is 12.8. The number of rotatable bonds is 11. The first-order valence-electron chi connectivity index (χ1n) is 16.4.